The van der Waals surface area contributed by atoms with E-state index in [0.29, 0.717) is 17.3 Å². The highest BCUT2D eigenvalue weighted by molar-refractivity contribution is 6.08. The zero-order chi connectivity index (χ0) is 12.3. The molecule has 0 aromatic rings. The van der Waals surface area contributed by atoms with Crippen molar-refractivity contribution in [3.8, 4) is 0 Å². The van der Waals surface area contributed by atoms with Gasteiger partial charge in [-0.3, -0.25) is 10.7 Å². The van der Waals surface area contributed by atoms with Crippen LogP contribution in [0.15, 0.2) is 0 Å². The number of nitrogens with zero attached hydrogens (tertiary/aromatic N) is 1. The van der Waals surface area contributed by atoms with E-state index in [1.807, 2.05) is 4.90 Å². The number of hydrogen-bond acceptors (Lipinski definition) is 2. The molecule has 2 amide bonds. The number of carbonyl (C=O) groups is 1. The predicted octanol–water partition coefficient (Wildman–Crippen LogP) is 2.49. The second kappa shape index (κ2) is 3.24. The largest absolute Gasteiger partial charge is 0.323 e. The average Bonchev–Trinajstić information content (AvgIpc) is 3.02. The second-order valence-electron chi connectivity index (χ2n) is 6.60. The van der Waals surface area contributed by atoms with Crippen molar-refractivity contribution < 1.29 is 4.79 Å². The lowest BCUT2D eigenvalue weighted by atomic mass is 9.68. The van der Waals surface area contributed by atoms with E-state index in [-0.39, 0.29) is 11.6 Å². The molecule has 0 aromatic heterocycles. The summed E-state index contributed by atoms with van der Waals surface area (Å²) in [5, 5.41) is 10.9. The molecule has 0 unspecified atom stereocenters. The first kappa shape index (κ1) is 11.1. The van der Waals surface area contributed by atoms with E-state index in [1.54, 1.807) is 0 Å². The molecule has 1 aliphatic heterocycles. The normalized spacial score (nSPS) is 30.8. The molecular weight excluding hydrogens is 214 g/mol. The van der Waals surface area contributed by atoms with Gasteiger partial charge in [0.05, 0.1) is 0 Å². The molecule has 94 valence electrons. The molecular formula is C13H21N3O. The zero-order valence-electron chi connectivity index (χ0n) is 10.7. The lowest BCUT2D eigenvalue weighted by Crippen LogP contribution is -2.53. The number of urea groups is 1. The van der Waals surface area contributed by atoms with Crippen molar-refractivity contribution in [2.24, 2.45) is 5.41 Å². The molecule has 3 rings (SSSR count). The molecule has 17 heavy (non-hydrogen) atoms. The number of hydrogen-bond donors (Lipinski definition) is 2. The van der Waals surface area contributed by atoms with Crippen LogP contribution >= 0.6 is 0 Å². The summed E-state index contributed by atoms with van der Waals surface area (Å²) in [7, 11) is 0. The van der Waals surface area contributed by atoms with Gasteiger partial charge in [-0.25, -0.2) is 4.79 Å². The fourth-order valence-corrected chi connectivity index (χ4v) is 3.28. The molecule has 4 heteroatoms. The van der Waals surface area contributed by atoms with Crippen molar-refractivity contribution in [1.29, 1.82) is 5.41 Å². The molecule has 0 bridgehead atoms. The monoisotopic (exact) mass is 235 g/mol. The Morgan fingerprint density at radius 2 is 1.82 bits per heavy atom. The molecule has 2 N–H and O–H groups in total. The summed E-state index contributed by atoms with van der Waals surface area (Å²) >= 11 is 0. The third-order valence-corrected chi connectivity index (χ3v) is 4.72. The van der Waals surface area contributed by atoms with Crippen molar-refractivity contribution in [2.75, 3.05) is 0 Å². The highest BCUT2D eigenvalue weighted by atomic mass is 16.2. The van der Waals surface area contributed by atoms with Crippen LogP contribution in [0.4, 0.5) is 4.79 Å². The summed E-state index contributed by atoms with van der Waals surface area (Å²) < 4.78 is 0. The third kappa shape index (κ3) is 1.57. The Bertz CT molecular complexity index is 374. The maximum Gasteiger partial charge on any atom is 0.323 e. The number of amidine groups is 1. The molecule has 2 aliphatic carbocycles. The Morgan fingerprint density at radius 3 is 2.35 bits per heavy atom. The van der Waals surface area contributed by atoms with Crippen LogP contribution in [-0.4, -0.2) is 28.3 Å². The molecule has 0 aromatic carbocycles. The minimum Gasteiger partial charge on any atom is -0.309 e. The van der Waals surface area contributed by atoms with Crippen LogP contribution < -0.4 is 5.32 Å². The molecule has 3 aliphatic rings. The van der Waals surface area contributed by atoms with Crippen molar-refractivity contribution in [3.63, 3.8) is 0 Å². The number of nitrogens with one attached hydrogen (secondary N) is 2. The molecule has 0 atom stereocenters. The minimum absolute atomic E-state index is 0.0304. The van der Waals surface area contributed by atoms with Crippen molar-refractivity contribution in [3.05, 3.63) is 0 Å². The van der Waals surface area contributed by atoms with Gasteiger partial charge in [0.2, 0.25) is 0 Å². The van der Waals surface area contributed by atoms with Crippen LogP contribution in [0.1, 0.15) is 52.4 Å². The highest BCUT2D eigenvalue weighted by Gasteiger charge is 2.56. The van der Waals surface area contributed by atoms with Crippen LogP contribution in [-0.2, 0) is 0 Å². The summed E-state index contributed by atoms with van der Waals surface area (Å²) in [6.07, 6.45) is 6.35. The van der Waals surface area contributed by atoms with E-state index in [0.717, 1.165) is 38.5 Å². The highest BCUT2D eigenvalue weighted by Crippen LogP contribution is 2.48. The predicted molar refractivity (Wildman–Crippen MR) is 66.1 cm³/mol. The summed E-state index contributed by atoms with van der Waals surface area (Å²) in [5.74, 6) is 0.449. The van der Waals surface area contributed by atoms with Gasteiger partial charge in [-0.15, -0.1) is 0 Å². The molecule has 4 nitrogen and oxygen atoms in total. The van der Waals surface area contributed by atoms with Gasteiger partial charge in [-0.05, 0) is 43.9 Å². The fraction of sp³-hybridized carbons (Fsp3) is 0.846. The van der Waals surface area contributed by atoms with Crippen LogP contribution in [0, 0.1) is 10.8 Å². The first-order valence-electron chi connectivity index (χ1n) is 6.64. The minimum atomic E-state index is -0.284. The fourth-order valence-electron chi connectivity index (χ4n) is 3.28. The Hall–Kier alpha value is -1.06. The van der Waals surface area contributed by atoms with E-state index in [1.165, 1.54) is 0 Å². The Labute approximate surface area is 102 Å². The maximum atomic E-state index is 12.0. The van der Waals surface area contributed by atoms with Crippen LogP contribution in [0.3, 0.4) is 0 Å². The van der Waals surface area contributed by atoms with E-state index in [9.17, 15) is 4.79 Å². The Morgan fingerprint density at radius 1 is 1.24 bits per heavy atom. The van der Waals surface area contributed by atoms with Crippen LogP contribution in [0.2, 0.25) is 0 Å². The van der Waals surface area contributed by atoms with Crippen molar-refractivity contribution in [1.82, 2.24) is 10.2 Å². The quantitative estimate of drug-likeness (QED) is 0.720. The van der Waals surface area contributed by atoms with Crippen LogP contribution in [0.5, 0.6) is 0 Å². The number of carbonyl (C=O) groups excluding carboxylic acids is 1. The Kier molecular flexibility index (Phi) is 2.11. The lowest BCUT2D eigenvalue weighted by Gasteiger charge is -2.45. The molecule has 1 saturated heterocycles. The first-order valence-corrected chi connectivity index (χ1v) is 6.64. The van der Waals surface area contributed by atoms with Crippen molar-refractivity contribution in [2.45, 2.75) is 64.0 Å². The number of rotatable bonds is 1. The summed E-state index contributed by atoms with van der Waals surface area (Å²) in [6, 6.07) is 0.372. The van der Waals surface area contributed by atoms with Gasteiger partial charge in [0.25, 0.3) is 0 Å². The number of amides is 2. The lowest BCUT2D eigenvalue weighted by molar-refractivity contribution is 0.0968. The van der Waals surface area contributed by atoms with Gasteiger partial charge in [0.1, 0.15) is 11.4 Å². The van der Waals surface area contributed by atoms with Crippen LogP contribution in [0.25, 0.3) is 0 Å². The van der Waals surface area contributed by atoms with E-state index >= 15 is 0 Å². The SMILES string of the molecule is CC1(C)CCC2(CC1)C(=N)NC(=O)N2C1CC1. The molecule has 1 heterocycles. The van der Waals surface area contributed by atoms with Gasteiger partial charge in [-0.1, -0.05) is 13.8 Å². The van der Waals surface area contributed by atoms with Crippen molar-refractivity contribution >= 4 is 11.9 Å². The molecule has 2 saturated carbocycles. The van der Waals surface area contributed by atoms with Gasteiger partial charge < -0.3 is 4.90 Å². The summed E-state index contributed by atoms with van der Waals surface area (Å²) in [4.78, 5) is 14.0. The van der Waals surface area contributed by atoms with Gasteiger partial charge >= 0.3 is 6.03 Å². The standard InChI is InChI=1S/C13H21N3O/c1-12(2)5-7-13(8-6-12)10(14)15-11(17)16(13)9-3-4-9/h9H,3-8H2,1-2H3,(H2,14,15,17). The van der Waals surface area contributed by atoms with Gasteiger partial charge in [-0.2, -0.15) is 0 Å². The van der Waals surface area contributed by atoms with Gasteiger partial charge in [0, 0.05) is 6.04 Å². The average molecular weight is 235 g/mol. The maximum absolute atomic E-state index is 12.0. The Balaban J connectivity index is 1.89. The topological polar surface area (TPSA) is 56.2 Å². The summed E-state index contributed by atoms with van der Waals surface area (Å²) in [5.41, 5.74) is 0.0835. The van der Waals surface area contributed by atoms with E-state index in [2.05, 4.69) is 19.2 Å². The first-order chi connectivity index (χ1) is 7.95. The molecule has 1 spiro atoms. The van der Waals surface area contributed by atoms with E-state index < -0.39 is 0 Å². The smallest absolute Gasteiger partial charge is 0.309 e. The van der Waals surface area contributed by atoms with E-state index in [4.69, 9.17) is 5.41 Å². The molecule has 0 radical (unpaired) electrons. The van der Waals surface area contributed by atoms with Gasteiger partial charge in [0.15, 0.2) is 0 Å². The molecule has 3 fully saturated rings. The summed E-state index contributed by atoms with van der Waals surface area (Å²) in [6.45, 7) is 4.57. The zero-order valence-corrected chi connectivity index (χ0v) is 10.7. The second-order valence-corrected chi connectivity index (χ2v) is 6.60. The third-order valence-electron chi connectivity index (χ3n) is 4.72.